The summed E-state index contributed by atoms with van der Waals surface area (Å²) in [4.78, 5) is 2.31. The molecule has 0 saturated carbocycles. The van der Waals surface area contributed by atoms with E-state index >= 15 is 0 Å². The summed E-state index contributed by atoms with van der Waals surface area (Å²) in [6.45, 7) is 15.9. The number of benzene rings is 3. The van der Waals surface area contributed by atoms with E-state index in [2.05, 4.69) is 143 Å². The maximum Gasteiger partial charge on any atom is 0.264 e. The standard InChI is InChI=1S/C39H44N2O3S/c1-8-29-22-24-32-36(28(29)2)38(3,4)34(40(32)7)20-12-10-9-11-13-21-35-39(5,6)37-31-19-15-14-18-30(31)23-25-33(37)41(35)26-16-17-27-45(42,43)44/h8-15,18-25H,1,16-17,26-27H2,2-7H3/p+1. The van der Waals surface area contributed by atoms with Crippen molar-refractivity contribution in [3.05, 3.63) is 126 Å². The Hall–Kier alpha value is -4.00. The van der Waals surface area contributed by atoms with E-state index in [1.165, 1.54) is 44.4 Å². The summed E-state index contributed by atoms with van der Waals surface area (Å²) >= 11 is 0. The van der Waals surface area contributed by atoms with E-state index in [9.17, 15) is 13.0 Å². The maximum atomic E-state index is 11.3. The van der Waals surface area contributed by atoms with Crippen molar-refractivity contribution < 1.29 is 17.5 Å². The molecule has 0 aliphatic carbocycles. The Morgan fingerprint density at radius 1 is 0.889 bits per heavy atom. The third-order valence-electron chi connectivity index (χ3n) is 9.43. The second-order valence-electron chi connectivity index (χ2n) is 13.1. The van der Waals surface area contributed by atoms with Crippen LogP contribution < -0.4 is 4.90 Å². The first-order valence-corrected chi connectivity index (χ1v) is 17.2. The van der Waals surface area contributed by atoms with Gasteiger partial charge in [-0.05, 0) is 79.3 Å². The Morgan fingerprint density at radius 3 is 2.33 bits per heavy atom. The molecule has 0 amide bonds. The van der Waals surface area contributed by atoms with Crippen LogP contribution in [0.5, 0.6) is 0 Å². The summed E-state index contributed by atoms with van der Waals surface area (Å²) < 4.78 is 34.1. The summed E-state index contributed by atoms with van der Waals surface area (Å²) in [5.41, 5.74) is 9.55. The highest BCUT2D eigenvalue weighted by Gasteiger charge is 2.44. The largest absolute Gasteiger partial charge is 0.344 e. The van der Waals surface area contributed by atoms with E-state index in [4.69, 9.17) is 0 Å². The number of unbranched alkanes of at least 4 members (excludes halogenated alkanes) is 1. The van der Waals surface area contributed by atoms with Crippen LogP contribution in [-0.4, -0.2) is 42.6 Å². The third-order valence-corrected chi connectivity index (χ3v) is 10.2. The van der Waals surface area contributed by atoms with Crippen LogP contribution in [0.3, 0.4) is 0 Å². The predicted octanol–water partition coefficient (Wildman–Crippen LogP) is 8.82. The number of anilines is 1. The molecule has 1 N–H and O–H groups in total. The first-order chi connectivity index (χ1) is 21.3. The molecule has 5 nitrogen and oxygen atoms in total. The van der Waals surface area contributed by atoms with Gasteiger partial charge in [-0.25, -0.2) is 0 Å². The van der Waals surface area contributed by atoms with Gasteiger partial charge in [-0.2, -0.15) is 13.0 Å². The first-order valence-electron chi connectivity index (χ1n) is 15.6. The molecule has 234 valence electrons. The van der Waals surface area contributed by atoms with Gasteiger partial charge in [0.05, 0.1) is 11.2 Å². The number of hydrogen-bond acceptors (Lipinski definition) is 3. The SMILES string of the molecule is C=Cc1ccc2c(c1C)C(C)(C)C(C=CC=CC=CC=C1N(CCCCS(=O)(=O)O)c3ccc4ccccc4c3C1(C)C)=[N+]2C. The Balaban J connectivity index is 1.37. The molecule has 3 aromatic rings. The smallest absolute Gasteiger partial charge is 0.264 e. The minimum atomic E-state index is -3.97. The summed E-state index contributed by atoms with van der Waals surface area (Å²) in [5.74, 6) is -0.222. The number of nitrogens with zero attached hydrogens (tertiary/aromatic N) is 2. The number of allylic oxidation sites excluding steroid dienone is 8. The van der Waals surface area contributed by atoms with Crippen LogP contribution in [0.2, 0.25) is 0 Å². The molecule has 2 heterocycles. The van der Waals surface area contributed by atoms with Crippen molar-refractivity contribution in [3.63, 3.8) is 0 Å². The lowest BCUT2D eigenvalue weighted by atomic mass is 9.78. The zero-order valence-corrected chi connectivity index (χ0v) is 28.2. The van der Waals surface area contributed by atoms with Crippen molar-refractivity contribution in [2.24, 2.45) is 0 Å². The average molecular weight is 622 g/mol. The van der Waals surface area contributed by atoms with Gasteiger partial charge in [0.15, 0.2) is 5.71 Å². The molecular formula is C39H45N2O3S+. The summed E-state index contributed by atoms with van der Waals surface area (Å²) in [6.07, 6.45) is 17.7. The summed E-state index contributed by atoms with van der Waals surface area (Å²) in [7, 11) is -1.84. The maximum absolute atomic E-state index is 11.3. The highest BCUT2D eigenvalue weighted by molar-refractivity contribution is 7.85. The molecule has 0 aromatic heterocycles. The van der Waals surface area contributed by atoms with Crippen LogP contribution in [0.15, 0.2) is 103 Å². The quantitative estimate of drug-likeness (QED) is 0.106. The molecule has 0 unspecified atom stereocenters. The molecule has 2 aliphatic heterocycles. The van der Waals surface area contributed by atoms with Gasteiger partial charge in [0, 0.05) is 41.1 Å². The van der Waals surface area contributed by atoms with E-state index in [0.717, 1.165) is 11.4 Å². The summed E-state index contributed by atoms with van der Waals surface area (Å²) in [6, 6.07) is 17.1. The second-order valence-corrected chi connectivity index (χ2v) is 14.7. The van der Waals surface area contributed by atoms with Crippen LogP contribution in [0.4, 0.5) is 11.4 Å². The van der Waals surface area contributed by atoms with Gasteiger partial charge in [0.1, 0.15) is 7.05 Å². The fraction of sp³-hybridized carbons (Fsp3) is 0.308. The Labute approximate surface area is 269 Å². The Bertz CT molecular complexity index is 1920. The number of rotatable bonds is 10. The van der Waals surface area contributed by atoms with Gasteiger partial charge >= 0.3 is 0 Å². The van der Waals surface area contributed by atoms with Crippen molar-refractivity contribution in [2.75, 3.05) is 24.2 Å². The fourth-order valence-electron chi connectivity index (χ4n) is 7.32. The number of fused-ring (bicyclic) bond motifs is 4. The molecule has 0 spiro atoms. The molecule has 6 heteroatoms. The fourth-order valence-corrected chi connectivity index (χ4v) is 7.89. The van der Waals surface area contributed by atoms with Crippen LogP contribution in [0.1, 0.15) is 62.8 Å². The lowest BCUT2D eigenvalue weighted by molar-refractivity contribution is -0.401. The van der Waals surface area contributed by atoms with E-state index in [1.807, 2.05) is 12.2 Å². The molecular weight excluding hydrogens is 577 g/mol. The van der Waals surface area contributed by atoms with Crippen molar-refractivity contribution in [1.29, 1.82) is 0 Å². The third kappa shape index (κ3) is 6.14. The van der Waals surface area contributed by atoms with E-state index in [1.54, 1.807) is 0 Å². The Morgan fingerprint density at radius 2 is 1.60 bits per heavy atom. The zero-order valence-electron chi connectivity index (χ0n) is 27.3. The van der Waals surface area contributed by atoms with Gasteiger partial charge in [-0.3, -0.25) is 4.55 Å². The van der Waals surface area contributed by atoms with E-state index in [-0.39, 0.29) is 16.6 Å². The molecule has 0 atom stereocenters. The van der Waals surface area contributed by atoms with Crippen molar-refractivity contribution >= 4 is 44.1 Å². The minimum Gasteiger partial charge on any atom is -0.344 e. The van der Waals surface area contributed by atoms with E-state index < -0.39 is 10.1 Å². The van der Waals surface area contributed by atoms with Gasteiger partial charge in [0.2, 0.25) is 5.69 Å². The van der Waals surface area contributed by atoms with Crippen LogP contribution in [0.25, 0.3) is 16.8 Å². The lowest BCUT2D eigenvalue weighted by Crippen LogP contribution is -2.27. The molecule has 45 heavy (non-hydrogen) atoms. The van der Waals surface area contributed by atoms with Gasteiger partial charge in [0.25, 0.3) is 10.1 Å². The minimum absolute atomic E-state index is 0.115. The lowest BCUT2D eigenvalue weighted by Gasteiger charge is -2.27. The normalized spacial score (nSPS) is 18.3. The first kappa shape index (κ1) is 32.4. The average Bonchev–Trinajstić information content (AvgIpc) is 3.32. The van der Waals surface area contributed by atoms with Gasteiger partial charge in [-0.1, -0.05) is 87.2 Å². The van der Waals surface area contributed by atoms with Crippen LogP contribution in [0, 0.1) is 6.92 Å². The molecule has 2 aliphatic rings. The second kappa shape index (κ2) is 12.4. The van der Waals surface area contributed by atoms with Crippen molar-refractivity contribution in [3.8, 4) is 0 Å². The van der Waals surface area contributed by atoms with Crippen molar-refractivity contribution in [1.82, 2.24) is 0 Å². The molecule has 0 radical (unpaired) electrons. The van der Waals surface area contributed by atoms with E-state index in [0.29, 0.717) is 19.4 Å². The number of hydrogen-bond donors (Lipinski definition) is 1. The zero-order chi connectivity index (χ0) is 32.6. The van der Waals surface area contributed by atoms with Crippen LogP contribution >= 0.6 is 0 Å². The highest BCUT2D eigenvalue weighted by Crippen LogP contribution is 2.51. The molecule has 0 fully saturated rings. The van der Waals surface area contributed by atoms with Gasteiger partial charge < -0.3 is 4.90 Å². The Kier molecular flexibility index (Phi) is 8.94. The molecule has 0 bridgehead atoms. The van der Waals surface area contributed by atoms with Crippen LogP contribution in [-0.2, 0) is 20.9 Å². The molecule has 3 aromatic carbocycles. The summed E-state index contributed by atoms with van der Waals surface area (Å²) in [5, 5.41) is 2.44. The van der Waals surface area contributed by atoms with Gasteiger partial charge in [-0.15, -0.1) is 0 Å². The monoisotopic (exact) mass is 621 g/mol. The molecule has 0 saturated heterocycles. The molecule has 5 rings (SSSR count). The van der Waals surface area contributed by atoms with Crippen molar-refractivity contribution in [2.45, 2.75) is 58.3 Å². The topological polar surface area (TPSA) is 60.6 Å². The highest BCUT2D eigenvalue weighted by atomic mass is 32.2. The predicted molar refractivity (Wildman–Crippen MR) is 191 cm³/mol.